The molecule has 1 aliphatic heterocycles. The Balaban J connectivity index is 1.88. The van der Waals surface area contributed by atoms with Crippen molar-refractivity contribution >= 4 is 48.4 Å². The van der Waals surface area contributed by atoms with Crippen molar-refractivity contribution in [3.8, 4) is 0 Å². The second kappa shape index (κ2) is 5.46. The number of fused-ring (bicyclic) bond motifs is 1. The SMILES string of the molecule is [B]C1([B])COCCN(C(=O)c2cc3n[nH]c(Br)c3cn2)C1. The van der Waals surface area contributed by atoms with Gasteiger partial charge in [0, 0.05) is 25.9 Å². The molecule has 3 heterocycles. The summed E-state index contributed by atoms with van der Waals surface area (Å²) in [5.41, 5.74) is 0.970. The van der Waals surface area contributed by atoms with Crippen LogP contribution in [0.15, 0.2) is 16.9 Å². The van der Waals surface area contributed by atoms with Gasteiger partial charge < -0.3 is 9.64 Å². The molecule has 0 spiro atoms. The molecule has 1 fully saturated rings. The van der Waals surface area contributed by atoms with Crippen molar-refractivity contribution in [1.29, 1.82) is 0 Å². The minimum absolute atomic E-state index is 0.218. The third kappa shape index (κ3) is 2.98. The Kier molecular flexibility index (Phi) is 3.79. The Labute approximate surface area is 132 Å². The maximum Gasteiger partial charge on any atom is 0.272 e. The van der Waals surface area contributed by atoms with E-state index >= 15 is 0 Å². The van der Waals surface area contributed by atoms with Crippen LogP contribution in [0, 0.1) is 0 Å². The molecule has 2 aromatic rings. The fourth-order valence-corrected chi connectivity index (χ4v) is 2.64. The molecule has 0 aliphatic carbocycles. The van der Waals surface area contributed by atoms with E-state index in [-0.39, 0.29) is 19.1 Å². The Morgan fingerprint density at radius 1 is 1.52 bits per heavy atom. The van der Waals surface area contributed by atoms with Crippen LogP contribution in [0.1, 0.15) is 10.5 Å². The van der Waals surface area contributed by atoms with Crippen molar-refractivity contribution in [1.82, 2.24) is 20.1 Å². The Morgan fingerprint density at radius 3 is 3.14 bits per heavy atom. The number of nitrogens with zero attached hydrogens (tertiary/aromatic N) is 3. The molecule has 1 amide bonds. The summed E-state index contributed by atoms with van der Waals surface area (Å²) in [5, 5.41) is 6.65. The largest absolute Gasteiger partial charge is 0.380 e. The van der Waals surface area contributed by atoms with Crippen LogP contribution in [-0.2, 0) is 4.74 Å². The van der Waals surface area contributed by atoms with Crippen LogP contribution < -0.4 is 0 Å². The first-order valence-corrected chi connectivity index (χ1v) is 7.20. The molecule has 2 aromatic heterocycles. The van der Waals surface area contributed by atoms with E-state index in [0.29, 0.717) is 24.4 Å². The van der Waals surface area contributed by atoms with Crippen LogP contribution in [0.5, 0.6) is 0 Å². The number of nitrogens with one attached hydrogen (secondary N) is 1. The van der Waals surface area contributed by atoms with Gasteiger partial charge in [0.05, 0.1) is 33.2 Å². The topological polar surface area (TPSA) is 71.1 Å². The highest BCUT2D eigenvalue weighted by atomic mass is 79.9. The second-order valence-corrected chi connectivity index (χ2v) is 5.93. The number of carbonyl (C=O) groups excluding carboxylic acids is 1. The highest BCUT2D eigenvalue weighted by Gasteiger charge is 2.28. The summed E-state index contributed by atoms with van der Waals surface area (Å²) < 4.78 is 6.04. The monoisotopic (exact) mass is 344 g/mol. The number of rotatable bonds is 1. The van der Waals surface area contributed by atoms with E-state index in [0.717, 1.165) is 9.99 Å². The molecule has 4 radical (unpaired) electrons. The number of pyridine rings is 1. The quantitative estimate of drug-likeness (QED) is 0.771. The first-order valence-electron chi connectivity index (χ1n) is 6.41. The van der Waals surface area contributed by atoms with Crippen LogP contribution in [0.2, 0.25) is 5.21 Å². The van der Waals surface area contributed by atoms with Gasteiger partial charge in [0.1, 0.15) is 10.3 Å². The summed E-state index contributed by atoms with van der Waals surface area (Å²) in [5.74, 6) is -0.234. The molecule has 0 bridgehead atoms. The molecule has 21 heavy (non-hydrogen) atoms. The summed E-state index contributed by atoms with van der Waals surface area (Å²) in [7, 11) is 11.8. The predicted octanol–water partition coefficient (Wildman–Crippen LogP) is 0.646. The average molecular weight is 345 g/mol. The average Bonchev–Trinajstić information content (AvgIpc) is 2.71. The Morgan fingerprint density at radius 2 is 2.33 bits per heavy atom. The van der Waals surface area contributed by atoms with E-state index in [1.807, 2.05) is 0 Å². The molecule has 1 N–H and O–H groups in total. The maximum absolute atomic E-state index is 12.5. The van der Waals surface area contributed by atoms with Gasteiger partial charge in [-0.15, -0.1) is 0 Å². The zero-order valence-electron chi connectivity index (χ0n) is 11.2. The molecule has 104 valence electrons. The summed E-state index contributed by atoms with van der Waals surface area (Å²) in [6, 6.07) is 1.64. The number of carbonyl (C=O) groups is 1. The molecule has 1 aliphatic rings. The number of aromatic nitrogens is 3. The third-order valence-electron chi connectivity index (χ3n) is 3.26. The number of ether oxygens (including phenoxy) is 1. The fourth-order valence-electron chi connectivity index (χ4n) is 2.25. The van der Waals surface area contributed by atoms with Crippen molar-refractivity contribution in [3.05, 3.63) is 22.6 Å². The minimum atomic E-state index is -1.05. The van der Waals surface area contributed by atoms with Crippen LogP contribution >= 0.6 is 15.9 Å². The van der Waals surface area contributed by atoms with Crippen LogP contribution in [0.25, 0.3) is 10.9 Å². The smallest absolute Gasteiger partial charge is 0.272 e. The van der Waals surface area contributed by atoms with E-state index in [2.05, 4.69) is 31.1 Å². The van der Waals surface area contributed by atoms with Crippen LogP contribution in [0.3, 0.4) is 0 Å². The van der Waals surface area contributed by atoms with Gasteiger partial charge >= 0.3 is 0 Å². The lowest BCUT2D eigenvalue weighted by molar-refractivity contribution is 0.0735. The van der Waals surface area contributed by atoms with E-state index in [4.69, 9.17) is 20.4 Å². The van der Waals surface area contributed by atoms with Crippen LogP contribution in [-0.4, -0.2) is 68.0 Å². The molecule has 3 rings (SSSR count). The lowest BCUT2D eigenvalue weighted by Gasteiger charge is -2.29. The molecule has 6 nitrogen and oxygen atoms in total. The standard InChI is InChI=1S/C12H11B2BrN4O2/c13-12(14)5-19(1-2-21-6-12)11(20)9-3-8-7(4-16-9)10(15)18-17-8/h3-4H,1-2,5-6H2,(H,17,18). The molecule has 0 saturated carbocycles. The molecule has 1 saturated heterocycles. The molecule has 0 aromatic carbocycles. The van der Waals surface area contributed by atoms with Crippen molar-refractivity contribution in [3.63, 3.8) is 0 Å². The Bertz CT molecular complexity index is 691. The summed E-state index contributed by atoms with van der Waals surface area (Å²) in [6.07, 6.45) is 1.60. The van der Waals surface area contributed by atoms with Crippen LogP contribution in [0.4, 0.5) is 0 Å². The van der Waals surface area contributed by atoms with Crippen molar-refractivity contribution in [2.24, 2.45) is 0 Å². The van der Waals surface area contributed by atoms with Gasteiger partial charge in [0.25, 0.3) is 5.91 Å². The number of amides is 1. The van der Waals surface area contributed by atoms with Gasteiger partial charge in [-0.05, 0) is 22.0 Å². The van der Waals surface area contributed by atoms with E-state index in [9.17, 15) is 4.79 Å². The van der Waals surface area contributed by atoms with Gasteiger partial charge in [0.15, 0.2) is 0 Å². The second-order valence-electron chi connectivity index (χ2n) is 5.14. The minimum Gasteiger partial charge on any atom is -0.380 e. The summed E-state index contributed by atoms with van der Waals surface area (Å²) in [4.78, 5) is 18.3. The van der Waals surface area contributed by atoms with Gasteiger partial charge in [0.2, 0.25) is 0 Å². The van der Waals surface area contributed by atoms with E-state index in [1.54, 1.807) is 17.2 Å². The fraction of sp³-hybridized carbons (Fsp3) is 0.417. The van der Waals surface area contributed by atoms with E-state index in [1.165, 1.54) is 0 Å². The predicted molar refractivity (Wildman–Crippen MR) is 82.5 cm³/mol. The normalized spacial score (nSPS) is 18.6. The third-order valence-corrected chi connectivity index (χ3v) is 3.87. The molecule has 9 heteroatoms. The number of halogens is 1. The number of H-pyrrole nitrogens is 1. The van der Waals surface area contributed by atoms with Crippen molar-refractivity contribution in [2.45, 2.75) is 5.21 Å². The number of hydrogen-bond acceptors (Lipinski definition) is 4. The van der Waals surface area contributed by atoms with Gasteiger partial charge in [-0.3, -0.25) is 14.9 Å². The highest BCUT2D eigenvalue weighted by molar-refractivity contribution is 9.10. The highest BCUT2D eigenvalue weighted by Crippen LogP contribution is 2.24. The lowest BCUT2D eigenvalue weighted by Crippen LogP contribution is -2.39. The first kappa shape index (κ1) is 14.6. The number of aromatic amines is 1. The summed E-state index contributed by atoms with van der Waals surface area (Å²) >= 11 is 3.33. The van der Waals surface area contributed by atoms with Gasteiger partial charge in [-0.1, -0.05) is 5.21 Å². The molecular formula is C12H11B2BrN4O2. The van der Waals surface area contributed by atoms with E-state index < -0.39 is 5.21 Å². The Hall–Kier alpha value is -1.34. The van der Waals surface area contributed by atoms with Crippen molar-refractivity contribution in [2.75, 3.05) is 26.3 Å². The molecule has 0 atom stereocenters. The zero-order chi connectivity index (χ0) is 15.0. The lowest BCUT2D eigenvalue weighted by atomic mass is 9.55. The van der Waals surface area contributed by atoms with Crippen molar-refractivity contribution < 1.29 is 9.53 Å². The zero-order valence-corrected chi connectivity index (χ0v) is 12.8. The molecular weight excluding hydrogens is 334 g/mol. The molecule has 0 unspecified atom stereocenters. The first-order chi connectivity index (χ1) is 9.96. The number of hydrogen-bond donors (Lipinski definition) is 1. The maximum atomic E-state index is 12.5. The van der Waals surface area contributed by atoms with Gasteiger partial charge in [-0.25, -0.2) is 0 Å². The summed E-state index contributed by atoms with van der Waals surface area (Å²) in [6.45, 7) is 1.27. The van der Waals surface area contributed by atoms with Gasteiger partial charge in [-0.2, -0.15) is 5.10 Å².